The van der Waals surface area contributed by atoms with Crippen molar-refractivity contribution in [2.24, 2.45) is 0 Å². The van der Waals surface area contributed by atoms with Crippen molar-refractivity contribution in [2.45, 2.75) is 32.4 Å². The van der Waals surface area contributed by atoms with Crippen LogP contribution in [-0.2, 0) is 6.54 Å². The summed E-state index contributed by atoms with van der Waals surface area (Å²) in [5.41, 5.74) is 0.932. The Kier molecular flexibility index (Phi) is 6.14. The van der Waals surface area contributed by atoms with Gasteiger partial charge in [-0.15, -0.1) is 0 Å². The highest BCUT2D eigenvalue weighted by atomic mass is 35.5. The lowest BCUT2D eigenvalue weighted by atomic mass is 10.1. The molecule has 2 nitrogen and oxygen atoms in total. The van der Waals surface area contributed by atoms with Gasteiger partial charge in [-0.2, -0.15) is 0 Å². The number of rotatable bonds is 6. The zero-order valence-electron chi connectivity index (χ0n) is 9.34. The van der Waals surface area contributed by atoms with Crippen LogP contribution in [0.5, 0.6) is 0 Å². The SMILES string of the molecule is CC(CCCO)NCc1c(Cl)cccc1Cl. The van der Waals surface area contributed by atoms with Crippen LogP contribution < -0.4 is 5.32 Å². The first kappa shape index (κ1) is 13.8. The van der Waals surface area contributed by atoms with Gasteiger partial charge in [-0.05, 0) is 31.9 Å². The van der Waals surface area contributed by atoms with Crippen LogP contribution in [0.15, 0.2) is 18.2 Å². The fourth-order valence-corrected chi connectivity index (χ4v) is 2.01. The van der Waals surface area contributed by atoms with Crippen LogP contribution in [0, 0.1) is 0 Å². The molecule has 0 radical (unpaired) electrons. The van der Waals surface area contributed by atoms with E-state index >= 15 is 0 Å². The van der Waals surface area contributed by atoms with Gasteiger partial charge in [0, 0.05) is 34.8 Å². The van der Waals surface area contributed by atoms with E-state index in [2.05, 4.69) is 12.2 Å². The number of aliphatic hydroxyl groups excluding tert-OH is 1. The van der Waals surface area contributed by atoms with Gasteiger partial charge in [-0.3, -0.25) is 0 Å². The Labute approximate surface area is 107 Å². The van der Waals surface area contributed by atoms with Gasteiger partial charge in [-0.25, -0.2) is 0 Å². The first-order chi connectivity index (χ1) is 7.65. The molecule has 1 aromatic carbocycles. The minimum atomic E-state index is 0.235. The molecule has 1 atom stereocenters. The van der Waals surface area contributed by atoms with Crippen LogP contribution in [0.4, 0.5) is 0 Å². The van der Waals surface area contributed by atoms with Crippen molar-refractivity contribution in [1.29, 1.82) is 0 Å². The first-order valence-corrected chi connectivity index (χ1v) is 6.18. The maximum absolute atomic E-state index is 8.72. The van der Waals surface area contributed by atoms with Crippen molar-refractivity contribution < 1.29 is 5.11 Å². The monoisotopic (exact) mass is 261 g/mol. The molecule has 0 saturated carbocycles. The number of nitrogens with one attached hydrogen (secondary N) is 1. The van der Waals surface area contributed by atoms with Crippen molar-refractivity contribution in [2.75, 3.05) is 6.61 Å². The van der Waals surface area contributed by atoms with E-state index < -0.39 is 0 Å². The molecule has 0 spiro atoms. The fourth-order valence-electron chi connectivity index (χ4n) is 1.48. The Bertz CT molecular complexity index is 311. The van der Waals surface area contributed by atoms with E-state index in [1.807, 2.05) is 18.2 Å². The molecule has 0 fully saturated rings. The average molecular weight is 262 g/mol. The molecule has 0 bridgehead atoms. The Balaban J connectivity index is 2.48. The molecular weight excluding hydrogens is 245 g/mol. The molecule has 1 unspecified atom stereocenters. The van der Waals surface area contributed by atoms with Crippen LogP contribution in [0.3, 0.4) is 0 Å². The van der Waals surface area contributed by atoms with Crippen molar-refractivity contribution in [3.05, 3.63) is 33.8 Å². The molecule has 0 heterocycles. The number of hydrogen-bond donors (Lipinski definition) is 2. The smallest absolute Gasteiger partial charge is 0.0465 e. The van der Waals surface area contributed by atoms with Crippen LogP contribution in [0.1, 0.15) is 25.3 Å². The van der Waals surface area contributed by atoms with Gasteiger partial charge in [-0.1, -0.05) is 29.3 Å². The normalized spacial score (nSPS) is 12.8. The van der Waals surface area contributed by atoms with E-state index in [1.165, 1.54) is 0 Å². The van der Waals surface area contributed by atoms with Crippen molar-refractivity contribution in [3.8, 4) is 0 Å². The summed E-state index contributed by atoms with van der Waals surface area (Å²) in [6, 6.07) is 5.86. The summed E-state index contributed by atoms with van der Waals surface area (Å²) >= 11 is 12.1. The van der Waals surface area contributed by atoms with Crippen LogP contribution in [0.2, 0.25) is 10.0 Å². The summed E-state index contributed by atoms with van der Waals surface area (Å²) in [5, 5.41) is 13.4. The highest BCUT2D eigenvalue weighted by Gasteiger charge is 2.07. The summed E-state index contributed by atoms with van der Waals surface area (Å²) in [5.74, 6) is 0. The Morgan fingerprint density at radius 2 is 1.94 bits per heavy atom. The highest BCUT2D eigenvalue weighted by molar-refractivity contribution is 6.35. The molecule has 0 amide bonds. The number of hydrogen-bond acceptors (Lipinski definition) is 2. The van der Waals surface area contributed by atoms with Gasteiger partial charge < -0.3 is 10.4 Å². The summed E-state index contributed by atoms with van der Waals surface area (Å²) in [4.78, 5) is 0. The number of benzene rings is 1. The van der Waals surface area contributed by atoms with Crippen molar-refractivity contribution in [1.82, 2.24) is 5.32 Å². The van der Waals surface area contributed by atoms with Gasteiger partial charge >= 0.3 is 0 Å². The third-order valence-corrected chi connectivity index (χ3v) is 3.19. The highest BCUT2D eigenvalue weighted by Crippen LogP contribution is 2.24. The zero-order chi connectivity index (χ0) is 12.0. The van der Waals surface area contributed by atoms with E-state index in [0.29, 0.717) is 22.6 Å². The van der Waals surface area contributed by atoms with E-state index in [4.69, 9.17) is 28.3 Å². The summed E-state index contributed by atoms with van der Waals surface area (Å²) in [7, 11) is 0. The second-order valence-corrected chi connectivity index (χ2v) is 4.66. The van der Waals surface area contributed by atoms with E-state index in [1.54, 1.807) is 0 Å². The summed E-state index contributed by atoms with van der Waals surface area (Å²) in [6.45, 7) is 2.98. The topological polar surface area (TPSA) is 32.3 Å². The molecule has 1 aromatic rings. The van der Waals surface area contributed by atoms with Crippen molar-refractivity contribution >= 4 is 23.2 Å². The van der Waals surface area contributed by atoms with E-state index in [0.717, 1.165) is 18.4 Å². The molecule has 0 aliphatic rings. The average Bonchev–Trinajstić information content (AvgIpc) is 2.25. The maximum atomic E-state index is 8.72. The fraction of sp³-hybridized carbons (Fsp3) is 0.500. The molecule has 0 aromatic heterocycles. The molecule has 2 N–H and O–H groups in total. The lowest BCUT2D eigenvalue weighted by molar-refractivity contribution is 0.276. The Morgan fingerprint density at radius 3 is 2.50 bits per heavy atom. The second-order valence-electron chi connectivity index (χ2n) is 3.85. The predicted molar refractivity (Wildman–Crippen MR) is 69.1 cm³/mol. The van der Waals surface area contributed by atoms with Gasteiger partial charge in [0.05, 0.1) is 0 Å². The lowest BCUT2D eigenvalue weighted by Crippen LogP contribution is -2.25. The van der Waals surface area contributed by atoms with E-state index in [9.17, 15) is 0 Å². The molecule has 90 valence electrons. The summed E-state index contributed by atoms with van der Waals surface area (Å²) < 4.78 is 0. The first-order valence-electron chi connectivity index (χ1n) is 5.42. The summed E-state index contributed by atoms with van der Waals surface area (Å²) in [6.07, 6.45) is 1.75. The molecule has 4 heteroatoms. The van der Waals surface area contributed by atoms with Gasteiger partial charge in [0.25, 0.3) is 0 Å². The number of aliphatic hydroxyl groups is 1. The predicted octanol–water partition coefficient (Wildman–Crippen LogP) is 3.24. The minimum Gasteiger partial charge on any atom is -0.396 e. The Hall–Kier alpha value is -0.280. The molecule has 0 saturated heterocycles. The molecule has 0 aliphatic carbocycles. The van der Waals surface area contributed by atoms with Gasteiger partial charge in [0.15, 0.2) is 0 Å². The quantitative estimate of drug-likeness (QED) is 0.824. The molecule has 16 heavy (non-hydrogen) atoms. The molecular formula is C12H17Cl2NO. The molecule has 1 rings (SSSR count). The Morgan fingerprint density at radius 1 is 1.31 bits per heavy atom. The van der Waals surface area contributed by atoms with Gasteiger partial charge in [0.2, 0.25) is 0 Å². The standard InChI is InChI=1S/C12H17Cl2NO/c1-9(4-3-7-16)15-8-10-11(13)5-2-6-12(10)14/h2,5-6,9,15-16H,3-4,7-8H2,1H3. The maximum Gasteiger partial charge on any atom is 0.0465 e. The third-order valence-electron chi connectivity index (χ3n) is 2.48. The molecule has 0 aliphatic heterocycles. The van der Waals surface area contributed by atoms with Crippen LogP contribution >= 0.6 is 23.2 Å². The third kappa shape index (κ3) is 4.30. The van der Waals surface area contributed by atoms with E-state index in [-0.39, 0.29) is 6.61 Å². The van der Waals surface area contributed by atoms with Crippen LogP contribution in [-0.4, -0.2) is 17.8 Å². The lowest BCUT2D eigenvalue weighted by Gasteiger charge is -2.14. The number of halogens is 2. The second kappa shape index (κ2) is 7.13. The van der Waals surface area contributed by atoms with Crippen LogP contribution in [0.25, 0.3) is 0 Å². The largest absolute Gasteiger partial charge is 0.396 e. The zero-order valence-corrected chi connectivity index (χ0v) is 10.9. The van der Waals surface area contributed by atoms with Crippen molar-refractivity contribution in [3.63, 3.8) is 0 Å². The minimum absolute atomic E-state index is 0.235. The van der Waals surface area contributed by atoms with Gasteiger partial charge in [0.1, 0.15) is 0 Å².